The first kappa shape index (κ1) is 19.7. The maximum atomic E-state index is 12.0. The van der Waals surface area contributed by atoms with Crippen molar-refractivity contribution < 1.29 is 19.4 Å². The second kappa shape index (κ2) is 9.76. The Labute approximate surface area is 164 Å². The normalized spacial score (nSPS) is 10.5. The number of rotatable bonds is 7. The van der Waals surface area contributed by atoms with Gasteiger partial charge in [-0.1, -0.05) is 12.1 Å². The molecule has 0 saturated carbocycles. The standard InChI is InChI=1S/C18H18IN3O4/c1-2-26-16-9-12(7-8-15(16)23)10-21-22-17(24)11-20-18(25)13-5-3-4-6-14(13)19/h3-10,23H,2,11H2,1H3,(H,20,25)(H,22,24)/b21-10-. The number of nitrogens with one attached hydrogen (secondary N) is 2. The molecule has 3 N–H and O–H groups in total. The van der Waals surface area contributed by atoms with Crippen molar-refractivity contribution in [2.75, 3.05) is 13.2 Å². The number of amides is 2. The number of carbonyl (C=O) groups is 2. The highest BCUT2D eigenvalue weighted by Gasteiger charge is 2.10. The zero-order valence-electron chi connectivity index (χ0n) is 14.0. The summed E-state index contributed by atoms with van der Waals surface area (Å²) in [5, 5.41) is 16.0. The number of aromatic hydroxyl groups is 1. The molecule has 0 saturated heterocycles. The SMILES string of the molecule is CCOc1cc(/C=N\NC(=O)CNC(=O)c2ccccc2I)ccc1O. The number of hydrazone groups is 1. The molecule has 0 aromatic heterocycles. The molecule has 2 amide bonds. The molecule has 0 heterocycles. The summed E-state index contributed by atoms with van der Waals surface area (Å²) in [5.41, 5.74) is 3.49. The highest BCUT2D eigenvalue weighted by Crippen LogP contribution is 2.26. The molecule has 2 rings (SSSR count). The second-order valence-electron chi connectivity index (χ2n) is 5.12. The van der Waals surface area contributed by atoms with Crippen molar-refractivity contribution in [2.45, 2.75) is 6.92 Å². The number of carbonyl (C=O) groups excluding carboxylic acids is 2. The number of nitrogens with zero attached hydrogens (tertiary/aromatic N) is 1. The molecule has 0 unspecified atom stereocenters. The number of phenolic OH excluding ortho intramolecular Hbond substituents is 1. The molecule has 0 radical (unpaired) electrons. The molecule has 0 atom stereocenters. The van der Waals surface area contributed by atoms with Gasteiger partial charge >= 0.3 is 0 Å². The van der Waals surface area contributed by atoms with Crippen LogP contribution in [0.3, 0.4) is 0 Å². The van der Waals surface area contributed by atoms with Gasteiger partial charge in [-0.3, -0.25) is 9.59 Å². The van der Waals surface area contributed by atoms with Crippen LogP contribution in [0.4, 0.5) is 0 Å². The Morgan fingerprint density at radius 1 is 1.27 bits per heavy atom. The van der Waals surface area contributed by atoms with Crippen LogP contribution in [0, 0.1) is 3.57 Å². The van der Waals surface area contributed by atoms with Crippen LogP contribution in [-0.2, 0) is 4.79 Å². The lowest BCUT2D eigenvalue weighted by atomic mass is 10.2. The van der Waals surface area contributed by atoms with Crippen molar-refractivity contribution in [1.29, 1.82) is 0 Å². The zero-order chi connectivity index (χ0) is 18.9. The molecule has 0 aliphatic heterocycles. The van der Waals surface area contributed by atoms with E-state index in [2.05, 4.69) is 38.4 Å². The highest BCUT2D eigenvalue weighted by molar-refractivity contribution is 14.1. The average molecular weight is 467 g/mol. The largest absolute Gasteiger partial charge is 0.504 e. The Balaban J connectivity index is 1.85. The molecule has 0 aliphatic carbocycles. The van der Waals surface area contributed by atoms with E-state index in [9.17, 15) is 14.7 Å². The first-order valence-corrected chi connectivity index (χ1v) is 8.89. The van der Waals surface area contributed by atoms with Gasteiger partial charge in [-0.2, -0.15) is 5.10 Å². The Bertz CT molecular complexity index is 824. The van der Waals surface area contributed by atoms with E-state index in [0.717, 1.165) is 3.57 Å². The molecular formula is C18H18IN3O4. The van der Waals surface area contributed by atoms with Gasteiger partial charge in [-0.25, -0.2) is 5.43 Å². The molecule has 0 aliphatic rings. The van der Waals surface area contributed by atoms with E-state index in [1.807, 2.05) is 19.1 Å². The van der Waals surface area contributed by atoms with Crippen LogP contribution in [0.2, 0.25) is 0 Å². The third-order valence-electron chi connectivity index (χ3n) is 3.21. The second-order valence-corrected chi connectivity index (χ2v) is 6.28. The van der Waals surface area contributed by atoms with Crippen LogP contribution in [0.25, 0.3) is 0 Å². The van der Waals surface area contributed by atoms with Crippen LogP contribution in [-0.4, -0.2) is 36.3 Å². The minimum atomic E-state index is -0.454. The number of hydrogen-bond acceptors (Lipinski definition) is 5. The molecule has 0 fully saturated rings. The van der Waals surface area contributed by atoms with Gasteiger partial charge in [0.2, 0.25) is 0 Å². The Morgan fingerprint density at radius 2 is 2.04 bits per heavy atom. The number of ether oxygens (including phenoxy) is 1. The van der Waals surface area contributed by atoms with E-state index < -0.39 is 5.91 Å². The maximum Gasteiger partial charge on any atom is 0.259 e. The molecule has 7 nitrogen and oxygen atoms in total. The predicted octanol–water partition coefficient (Wildman–Crippen LogP) is 2.28. The van der Waals surface area contributed by atoms with Gasteiger partial charge in [0.25, 0.3) is 11.8 Å². The fraction of sp³-hybridized carbons (Fsp3) is 0.167. The summed E-state index contributed by atoms with van der Waals surface area (Å²) in [4.78, 5) is 23.8. The van der Waals surface area contributed by atoms with E-state index in [1.54, 1.807) is 24.3 Å². The van der Waals surface area contributed by atoms with Gasteiger partial charge in [0.1, 0.15) is 0 Å². The summed E-state index contributed by atoms with van der Waals surface area (Å²) in [6.07, 6.45) is 1.42. The van der Waals surface area contributed by atoms with E-state index in [-0.39, 0.29) is 18.2 Å². The highest BCUT2D eigenvalue weighted by atomic mass is 127. The smallest absolute Gasteiger partial charge is 0.259 e. The summed E-state index contributed by atoms with van der Waals surface area (Å²) in [5.74, 6) is -0.405. The monoisotopic (exact) mass is 467 g/mol. The third kappa shape index (κ3) is 5.73. The first-order valence-electron chi connectivity index (χ1n) is 7.81. The summed E-state index contributed by atoms with van der Waals surface area (Å²) >= 11 is 2.06. The summed E-state index contributed by atoms with van der Waals surface area (Å²) < 4.78 is 6.08. The van der Waals surface area contributed by atoms with Crippen molar-refractivity contribution in [2.24, 2.45) is 5.10 Å². The minimum absolute atomic E-state index is 0.0336. The van der Waals surface area contributed by atoms with Crippen LogP contribution in [0.15, 0.2) is 47.6 Å². The summed E-state index contributed by atoms with van der Waals surface area (Å²) in [6, 6.07) is 11.8. The predicted molar refractivity (Wildman–Crippen MR) is 107 cm³/mol. The molecule has 2 aromatic carbocycles. The lowest BCUT2D eigenvalue weighted by molar-refractivity contribution is -0.120. The van der Waals surface area contributed by atoms with Crippen molar-refractivity contribution >= 4 is 40.6 Å². The fourth-order valence-corrected chi connectivity index (χ4v) is 2.63. The molecule has 2 aromatic rings. The van der Waals surface area contributed by atoms with Gasteiger partial charge in [0.15, 0.2) is 11.5 Å². The molecule has 136 valence electrons. The number of halogens is 1. The van der Waals surface area contributed by atoms with E-state index in [1.165, 1.54) is 12.3 Å². The van der Waals surface area contributed by atoms with Gasteiger partial charge < -0.3 is 15.2 Å². The number of phenols is 1. The summed E-state index contributed by atoms with van der Waals surface area (Å²) in [6.45, 7) is 2.04. The number of hydrogen-bond donors (Lipinski definition) is 3. The molecule has 26 heavy (non-hydrogen) atoms. The van der Waals surface area contributed by atoms with Gasteiger partial charge in [-0.15, -0.1) is 0 Å². The fourth-order valence-electron chi connectivity index (χ4n) is 2.00. The molecule has 0 spiro atoms. The average Bonchev–Trinajstić information content (AvgIpc) is 2.63. The van der Waals surface area contributed by atoms with Crippen molar-refractivity contribution in [3.05, 3.63) is 57.2 Å². The molecular weight excluding hydrogens is 449 g/mol. The van der Waals surface area contributed by atoms with E-state index >= 15 is 0 Å². The maximum absolute atomic E-state index is 12.0. The quantitative estimate of drug-likeness (QED) is 0.331. The van der Waals surface area contributed by atoms with E-state index in [0.29, 0.717) is 23.5 Å². The third-order valence-corrected chi connectivity index (χ3v) is 4.16. The van der Waals surface area contributed by atoms with E-state index in [4.69, 9.17) is 4.74 Å². The van der Waals surface area contributed by atoms with Crippen molar-refractivity contribution in [1.82, 2.24) is 10.7 Å². The number of benzene rings is 2. The topological polar surface area (TPSA) is 100 Å². The lowest BCUT2D eigenvalue weighted by Crippen LogP contribution is -2.35. The molecule has 0 bridgehead atoms. The Hall–Kier alpha value is -2.62. The van der Waals surface area contributed by atoms with Crippen molar-refractivity contribution in [3.63, 3.8) is 0 Å². The Kier molecular flexibility index (Phi) is 7.39. The van der Waals surface area contributed by atoms with Gasteiger partial charge in [-0.05, 0) is 65.4 Å². The molecule has 8 heteroatoms. The van der Waals surface area contributed by atoms with Crippen LogP contribution >= 0.6 is 22.6 Å². The first-order chi connectivity index (χ1) is 12.5. The van der Waals surface area contributed by atoms with Crippen LogP contribution < -0.4 is 15.5 Å². The van der Waals surface area contributed by atoms with Crippen molar-refractivity contribution in [3.8, 4) is 11.5 Å². The van der Waals surface area contributed by atoms with Crippen LogP contribution in [0.5, 0.6) is 11.5 Å². The Morgan fingerprint density at radius 3 is 2.77 bits per heavy atom. The lowest BCUT2D eigenvalue weighted by Gasteiger charge is -2.06. The van der Waals surface area contributed by atoms with Gasteiger partial charge in [0.05, 0.1) is 24.9 Å². The van der Waals surface area contributed by atoms with Gasteiger partial charge in [0, 0.05) is 3.57 Å². The van der Waals surface area contributed by atoms with Crippen LogP contribution in [0.1, 0.15) is 22.8 Å². The summed E-state index contributed by atoms with van der Waals surface area (Å²) in [7, 11) is 0. The zero-order valence-corrected chi connectivity index (χ0v) is 16.2. The minimum Gasteiger partial charge on any atom is -0.504 e.